The number of hydrogen-bond donors (Lipinski definition) is 0. The smallest absolute Gasteiger partial charge is 0.340 e. The van der Waals surface area contributed by atoms with Crippen LogP contribution in [0.1, 0.15) is 84.4 Å². The van der Waals surface area contributed by atoms with Gasteiger partial charge in [-0.2, -0.15) is 0 Å². The Morgan fingerprint density at radius 1 is 1.27 bits per heavy atom. The number of rotatable bonds is 6. The first-order valence-corrected chi connectivity index (χ1v) is 11.5. The third-order valence-corrected chi connectivity index (χ3v) is 6.22. The minimum Gasteiger partial charge on any atom is -0.461 e. The summed E-state index contributed by atoms with van der Waals surface area (Å²) in [5, 5.41) is 0. The summed E-state index contributed by atoms with van der Waals surface area (Å²) in [6.45, 7) is 21.9. The van der Waals surface area contributed by atoms with Crippen molar-refractivity contribution in [2.45, 2.75) is 86.0 Å². The first-order chi connectivity index (χ1) is 13.8. The zero-order chi connectivity index (χ0) is 22.9. The van der Waals surface area contributed by atoms with Gasteiger partial charge in [0.2, 0.25) is 0 Å². The van der Waals surface area contributed by atoms with Crippen molar-refractivity contribution in [3.05, 3.63) is 28.0 Å². The number of aromatic nitrogens is 1. The van der Waals surface area contributed by atoms with E-state index < -0.39 is 17.7 Å². The van der Waals surface area contributed by atoms with Crippen molar-refractivity contribution >= 4 is 33.7 Å². The first kappa shape index (κ1) is 24.9. The molecule has 1 aliphatic rings. The number of piperidine rings is 1. The van der Waals surface area contributed by atoms with Crippen LogP contribution in [0.3, 0.4) is 0 Å². The van der Waals surface area contributed by atoms with Gasteiger partial charge in [-0.25, -0.2) is 4.79 Å². The second-order valence-corrected chi connectivity index (χ2v) is 10.9. The van der Waals surface area contributed by atoms with Crippen molar-refractivity contribution in [3.63, 3.8) is 0 Å². The lowest BCUT2D eigenvalue weighted by atomic mass is 9.82. The summed E-state index contributed by atoms with van der Waals surface area (Å²) in [6, 6.07) is 0. The molecule has 1 unspecified atom stereocenters. The molecule has 1 saturated heterocycles. The number of esters is 1. The van der Waals surface area contributed by atoms with Crippen molar-refractivity contribution < 1.29 is 14.3 Å². The van der Waals surface area contributed by atoms with E-state index in [1.807, 2.05) is 41.5 Å². The summed E-state index contributed by atoms with van der Waals surface area (Å²) in [4.78, 5) is 20.2. The summed E-state index contributed by atoms with van der Waals surface area (Å²) in [5.41, 5.74) is 2.97. The normalized spacial score (nSPS) is 17.7. The van der Waals surface area contributed by atoms with Gasteiger partial charge in [0, 0.05) is 18.7 Å². The minimum absolute atomic E-state index is 0.239. The van der Waals surface area contributed by atoms with Gasteiger partial charge in [-0.15, -0.1) is 0 Å². The van der Waals surface area contributed by atoms with Gasteiger partial charge < -0.3 is 14.4 Å². The van der Waals surface area contributed by atoms with Crippen molar-refractivity contribution in [2.75, 3.05) is 18.0 Å². The molecule has 1 aromatic heterocycles. The molecular formula is C24H37BrN2O3. The van der Waals surface area contributed by atoms with Gasteiger partial charge in [0.1, 0.15) is 0 Å². The molecule has 1 aliphatic heterocycles. The lowest BCUT2D eigenvalue weighted by Crippen LogP contribution is -2.39. The summed E-state index contributed by atoms with van der Waals surface area (Å²) < 4.78 is 12.8. The lowest BCUT2D eigenvalue weighted by Gasteiger charge is -2.40. The fraction of sp³-hybridized carbons (Fsp3) is 0.667. The number of nitrogens with zero attached hydrogens (tertiary/aromatic N) is 2. The monoisotopic (exact) mass is 480 g/mol. The summed E-state index contributed by atoms with van der Waals surface area (Å²) >= 11 is 3.76. The van der Waals surface area contributed by atoms with Crippen LogP contribution >= 0.6 is 15.9 Å². The van der Waals surface area contributed by atoms with Crippen molar-refractivity contribution in [1.29, 1.82) is 0 Å². The van der Waals surface area contributed by atoms with E-state index in [0.29, 0.717) is 11.1 Å². The molecule has 0 aromatic carbocycles. The maximum absolute atomic E-state index is 13.2. The second kappa shape index (κ2) is 9.39. The highest BCUT2D eigenvalue weighted by molar-refractivity contribution is 9.10. The Morgan fingerprint density at radius 3 is 2.30 bits per heavy atom. The fourth-order valence-electron chi connectivity index (χ4n) is 3.63. The SMILES string of the molecule is C=Cc1nc(C)c(Br)c(N2CCC(C)(C)CC2)c1C(OC(C)(C)C)C(=O)OC(C)C. The van der Waals surface area contributed by atoms with Crippen LogP contribution in [0, 0.1) is 12.3 Å². The van der Waals surface area contributed by atoms with Crippen molar-refractivity contribution in [1.82, 2.24) is 4.98 Å². The van der Waals surface area contributed by atoms with E-state index in [9.17, 15) is 4.79 Å². The molecule has 168 valence electrons. The van der Waals surface area contributed by atoms with E-state index in [1.165, 1.54) is 0 Å². The molecule has 0 spiro atoms. The molecular weight excluding hydrogens is 444 g/mol. The van der Waals surface area contributed by atoms with Gasteiger partial charge in [-0.05, 0) is 81.8 Å². The predicted molar refractivity (Wildman–Crippen MR) is 127 cm³/mol. The van der Waals surface area contributed by atoms with Crippen LogP contribution in [0.2, 0.25) is 0 Å². The number of halogens is 1. The topological polar surface area (TPSA) is 51.7 Å². The number of aryl methyl sites for hydroxylation is 1. The third-order valence-electron chi connectivity index (χ3n) is 5.27. The van der Waals surface area contributed by atoms with E-state index >= 15 is 0 Å². The fourth-order valence-corrected chi connectivity index (χ4v) is 4.19. The molecule has 5 nitrogen and oxygen atoms in total. The first-order valence-electron chi connectivity index (χ1n) is 10.7. The Balaban J connectivity index is 2.68. The molecule has 0 radical (unpaired) electrons. The molecule has 30 heavy (non-hydrogen) atoms. The summed E-state index contributed by atoms with van der Waals surface area (Å²) in [5.74, 6) is -0.404. The predicted octanol–water partition coefficient (Wildman–Crippen LogP) is 6.23. The number of carbonyl (C=O) groups excluding carboxylic acids is 1. The average Bonchev–Trinajstić information content (AvgIpc) is 2.60. The van der Waals surface area contributed by atoms with Crippen LogP contribution < -0.4 is 4.90 Å². The highest BCUT2D eigenvalue weighted by Crippen LogP contribution is 2.43. The maximum Gasteiger partial charge on any atom is 0.340 e. The van der Waals surface area contributed by atoms with Gasteiger partial charge in [0.05, 0.1) is 33.3 Å². The van der Waals surface area contributed by atoms with E-state index in [2.05, 4.69) is 41.3 Å². The molecule has 1 atom stereocenters. The Labute approximate surface area is 190 Å². The van der Waals surface area contributed by atoms with Crippen molar-refractivity contribution in [2.24, 2.45) is 5.41 Å². The molecule has 1 aromatic rings. The molecule has 0 bridgehead atoms. The van der Waals surface area contributed by atoms with E-state index in [-0.39, 0.29) is 6.10 Å². The Hall–Kier alpha value is -1.40. The number of carbonyl (C=O) groups is 1. The average molecular weight is 481 g/mol. The van der Waals surface area contributed by atoms with Crippen LogP contribution in [-0.4, -0.2) is 35.7 Å². The number of hydrogen-bond acceptors (Lipinski definition) is 5. The van der Waals surface area contributed by atoms with Crippen LogP contribution in [0.4, 0.5) is 5.69 Å². The quantitative estimate of drug-likeness (QED) is 0.451. The molecule has 1 fully saturated rings. The Bertz CT molecular complexity index is 787. The van der Waals surface area contributed by atoms with Crippen LogP contribution in [0.5, 0.6) is 0 Å². The van der Waals surface area contributed by atoms with Crippen LogP contribution in [0.15, 0.2) is 11.1 Å². The van der Waals surface area contributed by atoms with Gasteiger partial charge in [-0.3, -0.25) is 4.98 Å². The summed E-state index contributed by atoms with van der Waals surface area (Å²) in [6.07, 6.45) is 2.72. The minimum atomic E-state index is -0.894. The molecule has 6 heteroatoms. The standard InChI is InChI=1S/C24H37BrN2O3/c1-10-17-18(21(30-23(5,6)7)22(28)29-15(2)3)20(19(25)16(4)26-17)27-13-11-24(8,9)12-14-27/h10,15,21H,1,11-14H2,2-9H3. The lowest BCUT2D eigenvalue weighted by molar-refractivity contribution is -0.171. The van der Waals surface area contributed by atoms with Gasteiger partial charge in [0.15, 0.2) is 6.10 Å². The zero-order valence-corrected chi connectivity index (χ0v) is 21.4. The molecule has 2 rings (SSSR count). The number of anilines is 1. The molecule has 0 aliphatic carbocycles. The Morgan fingerprint density at radius 2 is 1.83 bits per heavy atom. The summed E-state index contributed by atoms with van der Waals surface area (Å²) in [7, 11) is 0. The third kappa shape index (κ3) is 6.07. The van der Waals surface area contributed by atoms with Crippen LogP contribution in [0.25, 0.3) is 6.08 Å². The van der Waals surface area contributed by atoms with Gasteiger partial charge in [-0.1, -0.05) is 20.4 Å². The maximum atomic E-state index is 13.2. The highest BCUT2D eigenvalue weighted by atomic mass is 79.9. The number of pyridine rings is 1. The van der Waals surface area contributed by atoms with E-state index in [0.717, 1.165) is 47.3 Å². The second-order valence-electron chi connectivity index (χ2n) is 10.1. The number of ether oxygens (including phenoxy) is 2. The van der Waals surface area contributed by atoms with Gasteiger partial charge >= 0.3 is 5.97 Å². The van der Waals surface area contributed by atoms with E-state index in [4.69, 9.17) is 14.5 Å². The molecule has 0 amide bonds. The van der Waals surface area contributed by atoms with E-state index in [1.54, 1.807) is 6.08 Å². The molecule has 0 N–H and O–H groups in total. The highest BCUT2D eigenvalue weighted by Gasteiger charge is 2.37. The molecule has 2 heterocycles. The Kier molecular flexibility index (Phi) is 7.78. The largest absolute Gasteiger partial charge is 0.461 e. The zero-order valence-electron chi connectivity index (χ0n) is 19.8. The molecule has 0 saturated carbocycles. The van der Waals surface area contributed by atoms with Crippen molar-refractivity contribution in [3.8, 4) is 0 Å². The van der Waals surface area contributed by atoms with Crippen LogP contribution in [-0.2, 0) is 14.3 Å². The van der Waals surface area contributed by atoms with Gasteiger partial charge in [0.25, 0.3) is 0 Å².